The fourth-order valence-electron chi connectivity index (χ4n) is 0.922. The average Bonchev–Trinajstić information content (AvgIpc) is 2.24. The van der Waals surface area contributed by atoms with Crippen LogP contribution in [0, 0.1) is 0 Å². The summed E-state index contributed by atoms with van der Waals surface area (Å²) in [5, 5.41) is 0. The summed E-state index contributed by atoms with van der Waals surface area (Å²) in [6, 6.07) is 0. The van der Waals surface area contributed by atoms with Crippen LogP contribution in [0.4, 0.5) is 0 Å². The van der Waals surface area contributed by atoms with Crippen LogP contribution in [0.15, 0.2) is 12.7 Å². The van der Waals surface area contributed by atoms with Crippen molar-refractivity contribution < 1.29 is 23.8 Å². The van der Waals surface area contributed by atoms with E-state index in [9.17, 15) is 9.59 Å². The molecule has 1 unspecified atom stereocenters. The molecule has 0 aliphatic rings. The van der Waals surface area contributed by atoms with Crippen molar-refractivity contribution in [3.8, 4) is 0 Å². The normalized spacial score (nSPS) is 11.6. The Morgan fingerprint density at radius 2 is 2.06 bits per heavy atom. The van der Waals surface area contributed by atoms with E-state index in [0.717, 1.165) is 0 Å². The summed E-state index contributed by atoms with van der Waals surface area (Å²) >= 11 is 0. The second kappa shape index (κ2) is 8.91. The quantitative estimate of drug-likeness (QED) is 0.354. The summed E-state index contributed by atoms with van der Waals surface area (Å²) in [5.74, 6) is -0.763. The Hall–Kier alpha value is -1.36. The smallest absolute Gasteiger partial charge is 0.305 e. The van der Waals surface area contributed by atoms with Gasteiger partial charge in [-0.05, 0) is 0 Å². The maximum absolute atomic E-state index is 10.9. The summed E-state index contributed by atoms with van der Waals surface area (Å²) < 4.78 is 14.9. The third kappa shape index (κ3) is 7.99. The molecule has 0 amide bonds. The summed E-state index contributed by atoms with van der Waals surface area (Å²) in [7, 11) is 0. The van der Waals surface area contributed by atoms with Crippen LogP contribution in [0.1, 0.15) is 20.3 Å². The summed E-state index contributed by atoms with van der Waals surface area (Å²) in [6.45, 7) is 7.03. The van der Waals surface area contributed by atoms with Gasteiger partial charge < -0.3 is 14.2 Å². The Morgan fingerprint density at radius 3 is 2.56 bits per heavy atom. The Labute approximate surface area is 95.4 Å². The largest absolute Gasteiger partial charge is 0.462 e. The van der Waals surface area contributed by atoms with Gasteiger partial charge in [0.2, 0.25) is 0 Å². The van der Waals surface area contributed by atoms with Crippen LogP contribution < -0.4 is 0 Å². The van der Waals surface area contributed by atoms with Crippen LogP contribution in [0.2, 0.25) is 0 Å². The molecule has 16 heavy (non-hydrogen) atoms. The van der Waals surface area contributed by atoms with E-state index in [2.05, 4.69) is 6.58 Å². The van der Waals surface area contributed by atoms with Crippen molar-refractivity contribution in [3.63, 3.8) is 0 Å². The standard InChI is InChI=1S/C11H18O5/c1-4-6-14-7-10(16-9(3)12)8-15-11(13)5-2/h4,10H,1,5-8H2,2-3H3. The predicted molar refractivity (Wildman–Crippen MR) is 57.8 cm³/mol. The van der Waals surface area contributed by atoms with Gasteiger partial charge in [0, 0.05) is 13.3 Å². The fourth-order valence-corrected chi connectivity index (χ4v) is 0.922. The number of rotatable bonds is 8. The van der Waals surface area contributed by atoms with Crippen LogP contribution in [0.25, 0.3) is 0 Å². The molecular weight excluding hydrogens is 212 g/mol. The number of ether oxygens (including phenoxy) is 3. The third-order valence-electron chi connectivity index (χ3n) is 1.59. The molecule has 0 aromatic carbocycles. The second-order valence-electron chi connectivity index (χ2n) is 3.09. The highest BCUT2D eigenvalue weighted by atomic mass is 16.6. The molecule has 0 aromatic heterocycles. The lowest BCUT2D eigenvalue weighted by atomic mass is 10.4. The molecular formula is C11H18O5. The number of carbonyl (C=O) groups excluding carboxylic acids is 2. The number of carbonyl (C=O) groups is 2. The molecule has 0 aromatic rings. The van der Waals surface area contributed by atoms with Crippen molar-refractivity contribution in [2.24, 2.45) is 0 Å². The van der Waals surface area contributed by atoms with E-state index in [1.165, 1.54) is 6.92 Å². The zero-order valence-electron chi connectivity index (χ0n) is 9.73. The first-order valence-electron chi connectivity index (χ1n) is 5.11. The molecule has 0 spiro atoms. The van der Waals surface area contributed by atoms with Gasteiger partial charge >= 0.3 is 11.9 Å². The maximum Gasteiger partial charge on any atom is 0.305 e. The molecule has 0 bridgehead atoms. The van der Waals surface area contributed by atoms with Crippen LogP contribution in [0.3, 0.4) is 0 Å². The molecule has 0 N–H and O–H groups in total. The van der Waals surface area contributed by atoms with Gasteiger partial charge in [-0.25, -0.2) is 0 Å². The molecule has 1 atom stereocenters. The minimum absolute atomic E-state index is 0.0173. The highest BCUT2D eigenvalue weighted by Crippen LogP contribution is 1.98. The van der Waals surface area contributed by atoms with E-state index < -0.39 is 12.1 Å². The summed E-state index contributed by atoms with van der Waals surface area (Å²) in [4.78, 5) is 21.7. The first kappa shape index (κ1) is 14.6. The molecule has 0 aliphatic carbocycles. The molecule has 0 saturated carbocycles. The average molecular weight is 230 g/mol. The van der Waals surface area contributed by atoms with Gasteiger partial charge in [-0.15, -0.1) is 6.58 Å². The molecule has 5 nitrogen and oxygen atoms in total. The Kier molecular flexibility index (Phi) is 8.15. The van der Waals surface area contributed by atoms with Gasteiger partial charge in [-0.2, -0.15) is 0 Å². The van der Waals surface area contributed by atoms with E-state index in [0.29, 0.717) is 13.0 Å². The van der Waals surface area contributed by atoms with Crippen LogP contribution >= 0.6 is 0 Å². The highest BCUT2D eigenvalue weighted by molar-refractivity contribution is 5.69. The van der Waals surface area contributed by atoms with Crippen molar-refractivity contribution in [3.05, 3.63) is 12.7 Å². The van der Waals surface area contributed by atoms with Gasteiger partial charge in [-0.3, -0.25) is 9.59 Å². The van der Waals surface area contributed by atoms with E-state index in [-0.39, 0.29) is 19.2 Å². The minimum atomic E-state index is -0.562. The lowest BCUT2D eigenvalue weighted by Crippen LogP contribution is -2.28. The maximum atomic E-state index is 10.9. The molecule has 92 valence electrons. The van der Waals surface area contributed by atoms with Crippen molar-refractivity contribution in [2.45, 2.75) is 26.4 Å². The van der Waals surface area contributed by atoms with Crippen LogP contribution in [-0.2, 0) is 23.8 Å². The van der Waals surface area contributed by atoms with Crippen LogP contribution in [0.5, 0.6) is 0 Å². The zero-order valence-corrected chi connectivity index (χ0v) is 9.73. The monoisotopic (exact) mass is 230 g/mol. The Balaban J connectivity index is 3.93. The number of hydrogen-bond donors (Lipinski definition) is 0. The van der Waals surface area contributed by atoms with Crippen LogP contribution in [-0.4, -0.2) is 37.9 Å². The second-order valence-corrected chi connectivity index (χ2v) is 3.09. The Bertz CT molecular complexity index is 237. The topological polar surface area (TPSA) is 61.8 Å². The van der Waals surface area contributed by atoms with Crippen molar-refractivity contribution in [2.75, 3.05) is 19.8 Å². The van der Waals surface area contributed by atoms with Crippen molar-refractivity contribution in [1.82, 2.24) is 0 Å². The first-order valence-corrected chi connectivity index (χ1v) is 5.11. The lowest BCUT2D eigenvalue weighted by molar-refractivity contribution is -0.160. The number of esters is 2. The predicted octanol–water partition coefficient (Wildman–Crippen LogP) is 1.07. The van der Waals surface area contributed by atoms with Gasteiger partial charge in [0.15, 0.2) is 6.10 Å². The molecule has 0 saturated heterocycles. The minimum Gasteiger partial charge on any atom is -0.462 e. The summed E-state index contributed by atoms with van der Waals surface area (Å²) in [5.41, 5.74) is 0. The van der Waals surface area contributed by atoms with E-state index >= 15 is 0 Å². The zero-order chi connectivity index (χ0) is 12.4. The van der Waals surface area contributed by atoms with E-state index in [1.54, 1.807) is 13.0 Å². The summed E-state index contributed by atoms with van der Waals surface area (Å²) in [6.07, 6.45) is 1.32. The Morgan fingerprint density at radius 1 is 1.38 bits per heavy atom. The molecule has 0 aliphatic heterocycles. The fraction of sp³-hybridized carbons (Fsp3) is 0.636. The molecule has 0 fully saturated rings. The van der Waals surface area contributed by atoms with E-state index in [1.807, 2.05) is 0 Å². The van der Waals surface area contributed by atoms with E-state index in [4.69, 9.17) is 14.2 Å². The molecule has 5 heteroatoms. The number of hydrogen-bond acceptors (Lipinski definition) is 5. The van der Waals surface area contributed by atoms with Gasteiger partial charge in [-0.1, -0.05) is 13.0 Å². The van der Waals surface area contributed by atoms with Crippen molar-refractivity contribution >= 4 is 11.9 Å². The first-order chi connectivity index (χ1) is 7.60. The third-order valence-corrected chi connectivity index (χ3v) is 1.59. The van der Waals surface area contributed by atoms with Crippen molar-refractivity contribution in [1.29, 1.82) is 0 Å². The molecule has 0 heterocycles. The van der Waals surface area contributed by atoms with Gasteiger partial charge in [0.25, 0.3) is 0 Å². The molecule has 0 radical (unpaired) electrons. The van der Waals surface area contributed by atoms with Gasteiger partial charge in [0.1, 0.15) is 6.61 Å². The highest BCUT2D eigenvalue weighted by Gasteiger charge is 2.14. The molecule has 0 rings (SSSR count). The lowest BCUT2D eigenvalue weighted by Gasteiger charge is -2.16. The van der Waals surface area contributed by atoms with Gasteiger partial charge in [0.05, 0.1) is 13.2 Å². The SMILES string of the molecule is C=CCOCC(COC(=O)CC)OC(C)=O.